The van der Waals surface area contributed by atoms with Gasteiger partial charge in [-0.2, -0.15) is 0 Å². The summed E-state index contributed by atoms with van der Waals surface area (Å²) >= 11 is 0. The normalized spacial score (nSPS) is 10.1. The van der Waals surface area contributed by atoms with Crippen molar-refractivity contribution < 1.29 is 14.0 Å². The van der Waals surface area contributed by atoms with E-state index in [0.29, 0.717) is 5.76 Å². The van der Waals surface area contributed by atoms with Crippen LogP contribution in [0.5, 0.6) is 0 Å². The van der Waals surface area contributed by atoms with Crippen LogP contribution in [0, 0.1) is 0 Å². The monoisotopic (exact) mass is 272 g/mol. The molecule has 0 aliphatic carbocycles. The standard InChI is InChI=1S/C15H16N2O3/c1-17(12-6-3-2-4-7-12)15(19)10-14(18)16-11-13-8-5-9-20-13/h2-9H,10-11H2,1H3,(H,16,18). The van der Waals surface area contributed by atoms with Gasteiger partial charge in [-0.05, 0) is 24.3 Å². The van der Waals surface area contributed by atoms with Gasteiger partial charge in [-0.15, -0.1) is 0 Å². The van der Waals surface area contributed by atoms with E-state index in [-0.39, 0.29) is 24.8 Å². The van der Waals surface area contributed by atoms with Crippen molar-refractivity contribution in [1.29, 1.82) is 0 Å². The van der Waals surface area contributed by atoms with Crippen molar-refractivity contribution in [3.63, 3.8) is 0 Å². The molecule has 0 aliphatic heterocycles. The molecule has 2 aromatic rings. The van der Waals surface area contributed by atoms with Gasteiger partial charge in [0.15, 0.2) is 0 Å². The first-order chi connectivity index (χ1) is 9.66. The predicted molar refractivity (Wildman–Crippen MR) is 75.0 cm³/mol. The van der Waals surface area contributed by atoms with Crippen LogP contribution in [-0.2, 0) is 16.1 Å². The summed E-state index contributed by atoms with van der Waals surface area (Å²) in [6, 6.07) is 12.7. The highest BCUT2D eigenvalue weighted by Gasteiger charge is 2.15. The van der Waals surface area contributed by atoms with Gasteiger partial charge in [0, 0.05) is 12.7 Å². The van der Waals surface area contributed by atoms with E-state index in [1.807, 2.05) is 30.3 Å². The van der Waals surface area contributed by atoms with Crippen molar-refractivity contribution >= 4 is 17.5 Å². The molecule has 2 amide bonds. The zero-order valence-corrected chi connectivity index (χ0v) is 11.2. The first kappa shape index (κ1) is 13.9. The maximum atomic E-state index is 12.0. The number of benzene rings is 1. The number of carbonyl (C=O) groups is 2. The third kappa shape index (κ3) is 3.71. The van der Waals surface area contributed by atoms with E-state index in [1.165, 1.54) is 11.2 Å². The molecule has 20 heavy (non-hydrogen) atoms. The molecule has 1 aromatic carbocycles. The molecule has 2 rings (SSSR count). The number of anilines is 1. The molecule has 0 aliphatic rings. The zero-order chi connectivity index (χ0) is 14.4. The van der Waals surface area contributed by atoms with Gasteiger partial charge in [0.05, 0.1) is 12.8 Å². The molecule has 0 unspecified atom stereocenters. The van der Waals surface area contributed by atoms with Crippen LogP contribution in [0.25, 0.3) is 0 Å². The lowest BCUT2D eigenvalue weighted by Crippen LogP contribution is -2.33. The average molecular weight is 272 g/mol. The molecular formula is C15H16N2O3. The first-order valence-electron chi connectivity index (χ1n) is 6.27. The quantitative estimate of drug-likeness (QED) is 0.846. The van der Waals surface area contributed by atoms with E-state index in [9.17, 15) is 9.59 Å². The summed E-state index contributed by atoms with van der Waals surface area (Å²) in [5.41, 5.74) is 0.760. The van der Waals surface area contributed by atoms with Crippen LogP contribution in [0.3, 0.4) is 0 Å². The van der Waals surface area contributed by atoms with Crippen LogP contribution in [0.15, 0.2) is 53.1 Å². The van der Waals surface area contributed by atoms with Gasteiger partial charge in [-0.1, -0.05) is 18.2 Å². The van der Waals surface area contributed by atoms with Gasteiger partial charge >= 0.3 is 0 Å². The largest absolute Gasteiger partial charge is 0.467 e. The lowest BCUT2D eigenvalue weighted by molar-refractivity contribution is -0.127. The van der Waals surface area contributed by atoms with E-state index in [2.05, 4.69) is 5.32 Å². The molecule has 104 valence electrons. The highest BCUT2D eigenvalue weighted by atomic mass is 16.3. The molecule has 0 saturated heterocycles. The van der Waals surface area contributed by atoms with Gasteiger partial charge in [0.25, 0.3) is 0 Å². The van der Waals surface area contributed by atoms with E-state index in [0.717, 1.165) is 5.69 Å². The van der Waals surface area contributed by atoms with Crippen molar-refractivity contribution in [2.24, 2.45) is 0 Å². The molecule has 0 radical (unpaired) electrons. The van der Waals surface area contributed by atoms with Gasteiger partial charge in [0.1, 0.15) is 12.2 Å². The molecular weight excluding hydrogens is 256 g/mol. The molecule has 5 heteroatoms. The Morgan fingerprint density at radius 2 is 1.90 bits per heavy atom. The number of nitrogens with one attached hydrogen (secondary N) is 1. The lowest BCUT2D eigenvalue weighted by atomic mass is 10.2. The Morgan fingerprint density at radius 3 is 2.55 bits per heavy atom. The number of amides is 2. The van der Waals surface area contributed by atoms with E-state index in [4.69, 9.17) is 4.42 Å². The summed E-state index contributed by atoms with van der Waals surface area (Å²) in [7, 11) is 1.65. The SMILES string of the molecule is CN(C(=O)CC(=O)NCc1ccco1)c1ccccc1. The number of hydrogen-bond donors (Lipinski definition) is 1. The Kier molecular flexibility index (Phi) is 4.55. The summed E-state index contributed by atoms with van der Waals surface area (Å²) in [6.07, 6.45) is 1.35. The molecule has 0 saturated carbocycles. The van der Waals surface area contributed by atoms with Crippen LogP contribution >= 0.6 is 0 Å². The Morgan fingerprint density at radius 1 is 1.15 bits per heavy atom. The number of rotatable bonds is 5. The van der Waals surface area contributed by atoms with Crippen molar-refractivity contribution in [2.45, 2.75) is 13.0 Å². The van der Waals surface area contributed by atoms with Crippen LogP contribution in [0.2, 0.25) is 0 Å². The van der Waals surface area contributed by atoms with Gasteiger partial charge in [-0.3, -0.25) is 9.59 Å². The highest BCUT2D eigenvalue weighted by molar-refractivity contribution is 6.04. The van der Waals surface area contributed by atoms with Crippen molar-refractivity contribution in [3.05, 3.63) is 54.5 Å². The number of carbonyl (C=O) groups excluding carboxylic acids is 2. The average Bonchev–Trinajstić information content (AvgIpc) is 2.98. The minimum absolute atomic E-state index is 0.188. The second-order valence-corrected chi connectivity index (χ2v) is 4.32. The van der Waals surface area contributed by atoms with Crippen LogP contribution in [0.1, 0.15) is 12.2 Å². The van der Waals surface area contributed by atoms with Crippen molar-refractivity contribution in [3.8, 4) is 0 Å². The second-order valence-electron chi connectivity index (χ2n) is 4.32. The molecule has 0 spiro atoms. The molecule has 0 atom stereocenters. The van der Waals surface area contributed by atoms with Gasteiger partial charge in [-0.25, -0.2) is 0 Å². The Bertz CT molecular complexity index is 564. The Hall–Kier alpha value is -2.56. The summed E-state index contributed by atoms with van der Waals surface area (Å²) in [4.78, 5) is 25.1. The maximum absolute atomic E-state index is 12.0. The van der Waals surface area contributed by atoms with Crippen molar-refractivity contribution in [2.75, 3.05) is 11.9 Å². The van der Waals surface area contributed by atoms with Gasteiger partial charge in [0.2, 0.25) is 11.8 Å². The summed E-state index contributed by atoms with van der Waals surface area (Å²) in [6.45, 7) is 0.286. The third-order valence-electron chi connectivity index (χ3n) is 2.87. The lowest BCUT2D eigenvalue weighted by Gasteiger charge is -2.16. The fourth-order valence-electron chi connectivity index (χ4n) is 1.71. The topological polar surface area (TPSA) is 62.6 Å². The van der Waals surface area contributed by atoms with Crippen LogP contribution < -0.4 is 10.2 Å². The fourth-order valence-corrected chi connectivity index (χ4v) is 1.71. The number of hydrogen-bond acceptors (Lipinski definition) is 3. The minimum Gasteiger partial charge on any atom is -0.467 e. The number of para-hydroxylation sites is 1. The maximum Gasteiger partial charge on any atom is 0.236 e. The molecule has 5 nitrogen and oxygen atoms in total. The molecule has 0 bridgehead atoms. The van der Waals surface area contributed by atoms with E-state index >= 15 is 0 Å². The minimum atomic E-state index is -0.325. The highest BCUT2D eigenvalue weighted by Crippen LogP contribution is 2.12. The Balaban J connectivity index is 1.83. The van der Waals surface area contributed by atoms with Crippen molar-refractivity contribution in [1.82, 2.24) is 5.32 Å². The summed E-state index contributed by atoms with van der Waals surface area (Å²) in [5, 5.41) is 2.64. The molecule has 1 N–H and O–H groups in total. The van der Waals surface area contributed by atoms with E-state index in [1.54, 1.807) is 19.2 Å². The fraction of sp³-hybridized carbons (Fsp3) is 0.200. The smallest absolute Gasteiger partial charge is 0.236 e. The predicted octanol–water partition coefficient (Wildman–Crippen LogP) is 1.95. The zero-order valence-electron chi connectivity index (χ0n) is 11.2. The summed E-state index contributed by atoms with van der Waals surface area (Å²) in [5.74, 6) is 0.0736. The van der Waals surface area contributed by atoms with Crippen LogP contribution in [0.4, 0.5) is 5.69 Å². The van der Waals surface area contributed by atoms with Crippen LogP contribution in [-0.4, -0.2) is 18.9 Å². The molecule has 1 aromatic heterocycles. The molecule has 1 heterocycles. The van der Waals surface area contributed by atoms with Gasteiger partial charge < -0.3 is 14.6 Å². The Labute approximate surface area is 117 Å². The number of nitrogens with zero attached hydrogens (tertiary/aromatic N) is 1. The number of furan rings is 1. The molecule has 0 fully saturated rings. The third-order valence-corrected chi connectivity index (χ3v) is 2.87. The summed E-state index contributed by atoms with van der Waals surface area (Å²) < 4.78 is 5.10. The second kappa shape index (κ2) is 6.56. The first-order valence-corrected chi connectivity index (χ1v) is 6.27. The van der Waals surface area contributed by atoms with E-state index < -0.39 is 0 Å².